The molecule has 0 radical (unpaired) electrons. The zero-order chi connectivity index (χ0) is 20.8. The molecule has 0 spiro atoms. The van der Waals surface area contributed by atoms with Crippen molar-refractivity contribution in [2.24, 2.45) is 0 Å². The fourth-order valence-electron chi connectivity index (χ4n) is 3.47. The predicted octanol–water partition coefficient (Wildman–Crippen LogP) is 6.73. The van der Waals surface area contributed by atoms with Crippen LogP contribution in [0.3, 0.4) is 0 Å². The maximum absolute atomic E-state index is 11.4. The molecule has 0 saturated carbocycles. The number of aryl methyl sites for hydroxylation is 1. The maximum Gasteiger partial charge on any atom is 0.328 e. The van der Waals surface area contributed by atoms with Crippen molar-refractivity contribution in [3.63, 3.8) is 0 Å². The quantitative estimate of drug-likeness (QED) is 0.353. The van der Waals surface area contributed by atoms with Crippen molar-refractivity contribution in [3.8, 4) is 11.5 Å². The summed E-state index contributed by atoms with van der Waals surface area (Å²) in [6.07, 6.45) is 2.71. The SMILES string of the molecule is O=C(O)/C=C(\CCc1ccc(Oc2ccccc2)cc1)c1ccc2ccccc2c1. The average Bonchev–Trinajstić information content (AvgIpc) is 2.78. The normalized spacial score (nSPS) is 11.4. The highest BCUT2D eigenvalue weighted by molar-refractivity contribution is 5.92. The summed E-state index contributed by atoms with van der Waals surface area (Å²) in [5.41, 5.74) is 2.89. The number of para-hydroxylation sites is 1. The van der Waals surface area contributed by atoms with Gasteiger partial charge in [0.05, 0.1) is 0 Å². The Morgan fingerprint density at radius 3 is 2.17 bits per heavy atom. The Hall–Kier alpha value is -3.85. The van der Waals surface area contributed by atoms with Crippen molar-refractivity contribution in [3.05, 3.63) is 114 Å². The van der Waals surface area contributed by atoms with E-state index in [9.17, 15) is 9.90 Å². The highest BCUT2D eigenvalue weighted by atomic mass is 16.5. The molecule has 4 aromatic rings. The lowest BCUT2D eigenvalue weighted by Gasteiger charge is -2.10. The molecule has 148 valence electrons. The van der Waals surface area contributed by atoms with Crippen LogP contribution in [0.25, 0.3) is 16.3 Å². The van der Waals surface area contributed by atoms with Crippen molar-refractivity contribution in [2.45, 2.75) is 12.8 Å². The van der Waals surface area contributed by atoms with Gasteiger partial charge in [-0.2, -0.15) is 0 Å². The number of allylic oxidation sites excluding steroid dienone is 1. The van der Waals surface area contributed by atoms with Gasteiger partial charge in [-0.15, -0.1) is 0 Å². The van der Waals surface area contributed by atoms with Crippen LogP contribution in [0.4, 0.5) is 0 Å². The fourth-order valence-corrected chi connectivity index (χ4v) is 3.47. The van der Waals surface area contributed by atoms with Crippen LogP contribution in [0.15, 0.2) is 103 Å². The molecule has 0 fully saturated rings. The Labute approximate surface area is 175 Å². The minimum absolute atomic E-state index is 0.642. The second-order valence-corrected chi connectivity index (χ2v) is 7.13. The van der Waals surface area contributed by atoms with Crippen LogP contribution < -0.4 is 4.74 Å². The molecular formula is C27H22O3. The monoisotopic (exact) mass is 394 g/mol. The van der Waals surface area contributed by atoms with Gasteiger partial charge in [0.25, 0.3) is 0 Å². The van der Waals surface area contributed by atoms with E-state index in [1.807, 2.05) is 84.9 Å². The molecule has 0 amide bonds. The fraction of sp³-hybridized carbons (Fsp3) is 0.0741. The van der Waals surface area contributed by atoms with Crippen molar-refractivity contribution in [2.75, 3.05) is 0 Å². The zero-order valence-corrected chi connectivity index (χ0v) is 16.5. The van der Waals surface area contributed by atoms with Crippen molar-refractivity contribution in [1.29, 1.82) is 0 Å². The van der Waals surface area contributed by atoms with E-state index in [0.717, 1.165) is 45.4 Å². The topological polar surface area (TPSA) is 46.5 Å². The Kier molecular flexibility index (Phi) is 5.90. The van der Waals surface area contributed by atoms with Crippen molar-refractivity contribution < 1.29 is 14.6 Å². The molecule has 0 heterocycles. The lowest BCUT2D eigenvalue weighted by Crippen LogP contribution is -1.96. The second kappa shape index (κ2) is 9.10. The Morgan fingerprint density at radius 1 is 0.767 bits per heavy atom. The molecule has 4 aromatic carbocycles. The van der Waals surface area contributed by atoms with Gasteiger partial charge in [-0.3, -0.25) is 0 Å². The molecule has 3 heteroatoms. The summed E-state index contributed by atoms with van der Waals surface area (Å²) in [6, 6.07) is 31.8. The minimum atomic E-state index is -0.926. The highest BCUT2D eigenvalue weighted by Crippen LogP contribution is 2.26. The third-order valence-electron chi connectivity index (χ3n) is 5.00. The molecule has 3 nitrogen and oxygen atoms in total. The molecule has 0 unspecified atom stereocenters. The second-order valence-electron chi connectivity index (χ2n) is 7.13. The van der Waals surface area contributed by atoms with Gasteiger partial charge in [0.2, 0.25) is 0 Å². The number of fused-ring (bicyclic) bond motifs is 1. The molecule has 0 aliphatic heterocycles. The van der Waals surface area contributed by atoms with Crippen molar-refractivity contribution in [1.82, 2.24) is 0 Å². The average molecular weight is 394 g/mol. The van der Waals surface area contributed by atoms with Crippen LogP contribution in [0.5, 0.6) is 11.5 Å². The zero-order valence-electron chi connectivity index (χ0n) is 16.5. The lowest BCUT2D eigenvalue weighted by atomic mass is 9.96. The summed E-state index contributed by atoms with van der Waals surface area (Å²) in [6.45, 7) is 0. The molecule has 0 bridgehead atoms. The Balaban J connectivity index is 1.48. The molecule has 30 heavy (non-hydrogen) atoms. The van der Waals surface area contributed by atoms with Crippen LogP contribution in [0.1, 0.15) is 17.5 Å². The third kappa shape index (κ3) is 4.95. The summed E-state index contributed by atoms with van der Waals surface area (Å²) < 4.78 is 5.83. The lowest BCUT2D eigenvalue weighted by molar-refractivity contribution is -0.131. The third-order valence-corrected chi connectivity index (χ3v) is 5.00. The van der Waals surface area contributed by atoms with E-state index in [1.165, 1.54) is 6.08 Å². The largest absolute Gasteiger partial charge is 0.478 e. The highest BCUT2D eigenvalue weighted by Gasteiger charge is 2.07. The van der Waals surface area contributed by atoms with E-state index in [-0.39, 0.29) is 0 Å². The van der Waals surface area contributed by atoms with Crippen LogP contribution in [0, 0.1) is 0 Å². The number of carboxylic acid groups (broad SMARTS) is 1. The van der Waals surface area contributed by atoms with Gasteiger partial charge in [-0.25, -0.2) is 4.79 Å². The summed E-state index contributed by atoms with van der Waals surface area (Å²) in [4.78, 5) is 11.4. The molecule has 0 aromatic heterocycles. The molecular weight excluding hydrogens is 372 g/mol. The first kappa shape index (κ1) is 19.5. The smallest absolute Gasteiger partial charge is 0.328 e. The van der Waals surface area contributed by atoms with Crippen LogP contribution in [0.2, 0.25) is 0 Å². The number of carbonyl (C=O) groups is 1. The first-order valence-electron chi connectivity index (χ1n) is 9.92. The number of ether oxygens (including phenoxy) is 1. The standard InChI is InChI=1S/C27H22O3/c28-27(29)19-24(23-15-14-21-6-4-5-7-22(21)18-23)13-10-20-11-16-26(17-12-20)30-25-8-2-1-3-9-25/h1-9,11-12,14-19H,10,13H2,(H,28,29)/b24-19+. The van der Waals surface area contributed by atoms with Gasteiger partial charge in [-0.1, -0.05) is 66.7 Å². The first-order valence-corrected chi connectivity index (χ1v) is 9.92. The van der Waals surface area contributed by atoms with Gasteiger partial charge in [0, 0.05) is 6.08 Å². The summed E-state index contributed by atoms with van der Waals surface area (Å²) in [7, 11) is 0. The molecule has 0 saturated heterocycles. The van der Waals surface area contributed by atoms with Gasteiger partial charge >= 0.3 is 5.97 Å². The van der Waals surface area contributed by atoms with Gasteiger partial charge in [-0.05, 0) is 70.6 Å². The van der Waals surface area contributed by atoms with E-state index in [0.29, 0.717) is 6.42 Å². The van der Waals surface area contributed by atoms with E-state index < -0.39 is 5.97 Å². The Morgan fingerprint density at radius 2 is 1.43 bits per heavy atom. The predicted molar refractivity (Wildman–Crippen MR) is 121 cm³/mol. The minimum Gasteiger partial charge on any atom is -0.478 e. The number of carboxylic acids is 1. The number of hydrogen-bond donors (Lipinski definition) is 1. The number of rotatable bonds is 7. The van der Waals surface area contributed by atoms with Crippen LogP contribution >= 0.6 is 0 Å². The van der Waals surface area contributed by atoms with Crippen molar-refractivity contribution >= 4 is 22.3 Å². The number of benzene rings is 4. The van der Waals surface area contributed by atoms with Gasteiger partial charge in [0.15, 0.2) is 0 Å². The van der Waals surface area contributed by atoms with E-state index in [4.69, 9.17) is 4.74 Å². The number of hydrogen-bond acceptors (Lipinski definition) is 2. The summed E-state index contributed by atoms with van der Waals surface area (Å²) >= 11 is 0. The summed E-state index contributed by atoms with van der Waals surface area (Å²) in [5.74, 6) is 0.652. The van der Waals surface area contributed by atoms with E-state index in [1.54, 1.807) is 0 Å². The molecule has 0 atom stereocenters. The molecule has 0 aliphatic rings. The molecule has 0 aliphatic carbocycles. The van der Waals surface area contributed by atoms with Gasteiger partial charge < -0.3 is 9.84 Å². The summed E-state index contributed by atoms with van der Waals surface area (Å²) in [5, 5.41) is 11.6. The molecule has 4 rings (SSSR count). The van der Waals surface area contributed by atoms with E-state index in [2.05, 4.69) is 12.1 Å². The molecule has 1 N–H and O–H groups in total. The van der Waals surface area contributed by atoms with Crippen LogP contribution in [-0.2, 0) is 11.2 Å². The maximum atomic E-state index is 11.4. The van der Waals surface area contributed by atoms with Crippen LogP contribution in [-0.4, -0.2) is 11.1 Å². The van der Waals surface area contributed by atoms with E-state index >= 15 is 0 Å². The first-order chi connectivity index (χ1) is 14.7. The number of aliphatic carboxylic acids is 1. The Bertz CT molecular complexity index is 1180. The van der Waals surface area contributed by atoms with Gasteiger partial charge in [0.1, 0.15) is 11.5 Å².